The Labute approximate surface area is 126 Å². The van der Waals surface area contributed by atoms with Gasteiger partial charge in [-0.1, -0.05) is 23.7 Å². The maximum atomic E-state index is 12.2. The highest BCUT2D eigenvalue weighted by atomic mass is 35.5. The average molecular weight is 320 g/mol. The van der Waals surface area contributed by atoms with Gasteiger partial charge >= 0.3 is 5.97 Å². The van der Waals surface area contributed by atoms with E-state index in [-0.39, 0.29) is 6.42 Å². The van der Waals surface area contributed by atoms with Crippen LogP contribution < -0.4 is 5.32 Å². The minimum absolute atomic E-state index is 0.0790. The number of aliphatic carboxylic acids is 1. The van der Waals surface area contributed by atoms with Crippen molar-refractivity contribution in [3.05, 3.63) is 34.9 Å². The number of carboxylic acid groups (broad SMARTS) is 1. The fourth-order valence-electron chi connectivity index (χ4n) is 1.77. The fourth-order valence-corrected chi connectivity index (χ4v) is 1.90. The quantitative estimate of drug-likeness (QED) is 0.774. The lowest BCUT2D eigenvalue weighted by Gasteiger charge is -2.13. The van der Waals surface area contributed by atoms with E-state index in [4.69, 9.17) is 16.7 Å². The van der Waals surface area contributed by atoms with Gasteiger partial charge in [-0.05, 0) is 30.5 Å². The average Bonchev–Trinajstić information content (AvgIpc) is 2.39. The number of carboxylic acids is 1. The minimum Gasteiger partial charge on any atom is -0.480 e. The van der Waals surface area contributed by atoms with E-state index in [9.17, 15) is 18.4 Å². The zero-order valence-electron chi connectivity index (χ0n) is 11.2. The van der Waals surface area contributed by atoms with E-state index >= 15 is 0 Å². The standard InChI is InChI=1S/C14H16ClF2NO3/c15-10-6-4-9(5-7-10)2-1-3-13(19)18-11(14(20)21)8-12(16)17/h4-7,11-12H,1-3,8H2,(H,18,19)(H,20,21). The van der Waals surface area contributed by atoms with E-state index < -0.39 is 30.8 Å². The summed E-state index contributed by atoms with van der Waals surface area (Å²) in [7, 11) is 0. The molecule has 0 spiro atoms. The van der Waals surface area contributed by atoms with Crippen LogP contribution in [0.3, 0.4) is 0 Å². The Bertz CT molecular complexity index is 480. The number of rotatable bonds is 8. The second-order valence-corrected chi connectivity index (χ2v) is 5.00. The smallest absolute Gasteiger partial charge is 0.326 e. The van der Waals surface area contributed by atoms with Gasteiger partial charge < -0.3 is 10.4 Å². The first-order chi connectivity index (χ1) is 9.88. The predicted molar refractivity (Wildman–Crippen MR) is 74.6 cm³/mol. The molecular formula is C14H16ClF2NO3. The van der Waals surface area contributed by atoms with Gasteiger partial charge in [-0.15, -0.1) is 0 Å². The second-order valence-electron chi connectivity index (χ2n) is 4.57. The summed E-state index contributed by atoms with van der Waals surface area (Å²) in [5.41, 5.74) is 0.995. The Morgan fingerprint density at radius 1 is 1.24 bits per heavy atom. The first kappa shape index (κ1) is 17.4. The van der Waals surface area contributed by atoms with Crippen molar-refractivity contribution < 1.29 is 23.5 Å². The van der Waals surface area contributed by atoms with Crippen molar-refractivity contribution in [3.63, 3.8) is 0 Å². The number of nitrogens with one attached hydrogen (secondary N) is 1. The molecule has 116 valence electrons. The van der Waals surface area contributed by atoms with Crippen LogP contribution >= 0.6 is 11.6 Å². The third-order valence-electron chi connectivity index (χ3n) is 2.83. The fraction of sp³-hybridized carbons (Fsp3) is 0.429. The molecule has 1 unspecified atom stereocenters. The SMILES string of the molecule is O=C(CCCc1ccc(Cl)cc1)NC(CC(F)F)C(=O)O. The molecule has 21 heavy (non-hydrogen) atoms. The molecule has 0 aliphatic carbocycles. The van der Waals surface area contributed by atoms with Gasteiger partial charge in [-0.25, -0.2) is 13.6 Å². The molecule has 1 atom stereocenters. The van der Waals surface area contributed by atoms with Crippen LogP contribution in [0.25, 0.3) is 0 Å². The van der Waals surface area contributed by atoms with Gasteiger partial charge in [0, 0.05) is 17.9 Å². The van der Waals surface area contributed by atoms with E-state index in [1.807, 2.05) is 12.1 Å². The van der Waals surface area contributed by atoms with Crippen molar-refractivity contribution in [1.29, 1.82) is 0 Å². The zero-order valence-corrected chi connectivity index (χ0v) is 11.9. The molecule has 7 heteroatoms. The van der Waals surface area contributed by atoms with Crippen LogP contribution in [0.5, 0.6) is 0 Å². The summed E-state index contributed by atoms with van der Waals surface area (Å²) in [6.45, 7) is 0. The number of halogens is 3. The van der Waals surface area contributed by atoms with Crippen molar-refractivity contribution >= 4 is 23.5 Å². The molecule has 2 N–H and O–H groups in total. The molecule has 0 fully saturated rings. The summed E-state index contributed by atoms with van der Waals surface area (Å²) < 4.78 is 24.4. The van der Waals surface area contributed by atoms with E-state index in [0.717, 1.165) is 5.56 Å². The van der Waals surface area contributed by atoms with Gasteiger partial charge in [0.2, 0.25) is 12.3 Å². The summed E-state index contributed by atoms with van der Waals surface area (Å²) in [5.74, 6) is -2.00. The Balaban J connectivity index is 2.35. The first-order valence-electron chi connectivity index (χ1n) is 6.43. The number of hydrogen-bond acceptors (Lipinski definition) is 2. The number of hydrogen-bond donors (Lipinski definition) is 2. The molecule has 1 aromatic rings. The predicted octanol–water partition coefficient (Wildman–Crippen LogP) is 2.89. The van der Waals surface area contributed by atoms with Gasteiger partial charge in [-0.2, -0.15) is 0 Å². The van der Waals surface area contributed by atoms with Gasteiger partial charge in [0.15, 0.2) is 0 Å². The van der Waals surface area contributed by atoms with Crippen molar-refractivity contribution in [1.82, 2.24) is 5.32 Å². The summed E-state index contributed by atoms with van der Waals surface area (Å²) in [6.07, 6.45) is -2.47. The van der Waals surface area contributed by atoms with E-state index in [2.05, 4.69) is 5.32 Å². The van der Waals surface area contributed by atoms with Crippen molar-refractivity contribution in [2.75, 3.05) is 0 Å². The van der Waals surface area contributed by atoms with Crippen LogP contribution in [0.15, 0.2) is 24.3 Å². The lowest BCUT2D eigenvalue weighted by atomic mass is 10.1. The normalized spacial score (nSPS) is 12.2. The summed E-state index contributed by atoms with van der Waals surface area (Å²) >= 11 is 5.74. The van der Waals surface area contributed by atoms with Crippen LogP contribution in [-0.2, 0) is 16.0 Å². The lowest BCUT2D eigenvalue weighted by Crippen LogP contribution is -2.41. The highest BCUT2D eigenvalue weighted by Crippen LogP contribution is 2.12. The number of carbonyl (C=O) groups is 2. The van der Waals surface area contributed by atoms with Crippen LogP contribution in [0.2, 0.25) is 5.02 Å². The number of aryl methyl sites for hydroxylation is 1. The molecule has 1 rings (SSSR count). The summed E-state index contributed by atoms with van der Waals surface area (Å²) in [6, 6.07) is 5.59. The van der Waals surface area contributed by atoms with Crippen molar-refractivity contribution in [2.45, 2.75) is 38.2 Å². The van der Waals surface area contributed by atoms with Crippen LogP contribution in [0, 0.1) is 0 Å². The Kier molecular flexibility index (Phi) is 7.08. The third kappa shape index (κ3) is 7.04. The highest BCUT2D eigenvalue weighted by Gasteiger charge is 2.23. The highest BCUT2D eigenvalue weighted by molar-refractivity contribution is 6.30. The molecule has 0 saturated heterocycles. The number of amides is 1. The molecular weight excluding hydrogens is 304 g/mol. The molecule has 0 aliphatic heterocycles. The van der Waals surface area contributed by atoms with Crippen LogP contribution in [0.1, 0.15) is 24.8 Å². The molecule has 0 aromatic heterocycles. The van der Waals surface area contributed by atoms with E-state index in [1.54, 1.807) is 12.1 Å². The topological polar surface area (TPSA) is 66.4 Å². The van der Waals surface area contributed by atoms with Gasteiger partial charge in [0.25, 0.3) is 0 Å². The molecule has 4 nitrogen and oxygen atoms in total. The molecule has 0 saturated carbocycles. The van der Waals surface area contributed by atoms with E-state index in [1.165, 1.54) is 0 Å². The monoisotopic (exact) mass is 319 g/mol. The maximum Gasteiger partial charge on any atom is 0.326 e. The second kappa shape index (κ2) is 8.56. The van der Waals surface area contributed by atoms with Crippen molar-refractivity contribution in [3.8, 4) is 0 Å². The zero-order chi connectivity index (χ0) is 15.8. The van der Waals surface area contributed by atoms with E-state index in [0.29, 0.717) is 17.9 Å². The third-order valence-corrected chi connectivity index (χ3v) is 3.08. The maximum absolute atomic E-state index is 12.2. The molecule has 0 radical (unpaired) electrons. The van der Waals surface area contributed by atoms with Crippen molar-refractivity contribution in [2.24, 2.45) is 0 Å². The van der Waals surface area contributed by atoms with Gasteiger partial charge in [0.1, 0.15) is 6.04 Å². The molecule has 1 aromatic carbocycles. The van der Waals surface area contributed by atoms with Crippen LogP contribution in [0.4, 0.5) is 8.78 Å². The van der Waals surface area contributed by atoms with Gasteiger partial charge in [0.05, 0.1) is 0 Å². The number of carbonyl (C=O) groups excluding carboxylic acids is 1. The molecule has 1 amide bonds. The Morgan fingerprint density at radius 3 is 2.38 bits per heavy atom. The first-order valence-corrected chi connectivity index (χ1v) is 6.81. The van der Waals surface area contributed by atoms with Gasteiger partial charge in [-0.3, -0.25) is 4.79 Å². The summed E-state index contributed by atoms with van der Waals surface area (Å²) in [4.78, 5) is 22.3. The molecule has 0 bridgehead atoms. The Hall–Kier alpha value is -1.69. The number of benzene rings is 1. The largest absolute Gasteiger partial charge is 0.480 e. The lowest BCUT2D eigenvalue weighted by molar-refractivity contribution is -0.143. The summed E-state index contributed by atoms with van der Waals surface area (Å²) in [5, 5.41) is 11.5. The number of alkyl halides is 2. The molecule has 0 aliphatic rings. The molecule has 0 heterocycles. The Morgan fingerprint density at radius 2 is 1.86 bits per heavy atom. The van der Waals surface area contributed by atoms with Crippen LogP contribution in [-0.4, -0.2) is 29.5 Å². The minimum atomic E-state index is -2.78.